The zero-order valence-corrected chi connectivity index (χ0v) is 16.2. The van der Waals surface area contributed by atoms with Gasteiger partial charge < -0.3 is 4.57 Å². The molecule has 0 saturated heterocycles. The van der Waals surface area contributed by atoms with Gasteiger partial charge in [-0.05, 0) is 41.8 Å². The molecular weight excluding hydrogens is 358 g/mol. The molecule has 0 spiro atoms. The van der Waals surface area contributed by atoms with Gasteiger partial charge in [0.05, 0.1) is 0 Å². The van der Waals surface area contributed by atoms with Crippen LogP contribution in [0, 0.1) is 6.92 Å². The quantitative estimate of drug-likeness (QED) is 0.341. The largest absolute Gasteiger partial charge is 0.342 e. The van der Waals surface area contributed by atoms with Crippen LogP contribution < -0.4 is 0 Å². The third-order valence-electron chi connectivity index (χ3n) is 4.66. The molecule has 0 atom stereocenters. The Kier molecular flexibility index (Phi) is 5.05. The van der Waals surface area contributed by atoms with Gasteiger partial charge in [0, 0.05) is 39.3 Å². The maximum atomic E-state index is 6.02. The van der Waals surface area contributed by atoms with Gasteiger partial charge >= 0.3 is 0 Å². The van der Waals surface area contributed by atoms with Crippen LogP contribution in [0.15, 0.2) is 83.9 Å². The molecule has 0 saturated carbocycles. The molecule has 26 heavy (non-hydrogen) atoms. The van der Waals surface area contributed by atoms with Crippen molar-refractivity contribution in [2.24, 2.45) is 0 Å². The van der Waals surface area contributed by atoms with Crippen LogP contribution in [0.2, 0.25) is 5.02 Å². The van der Waals surface area contributed by atoms with Gasteiger partial charge in [-0.25, -0.2) is 0 Å². The van der Waals surface area contributed by atoms with Crippen LogP contribution in [0.1, 0.15) is 16.7 Å². The molecule has 0 aliphatic carbocycles. The number of fused-ring (bicyclic) bond motifs is 1. The zero-order valence-electron chi connectivity index (χ0n) is 14.7. The Balaban J connectivity index is 1.63. The Labute approximate surface area is 163 Å². The summed E-state index contributed by atoms with van der Waals surface area (Å²) in [5, 5.41) is 2.10. The van der Waals surface area contributed by atoms with E-state index in [0.717, 1.165) is 17.3 Å². The van der Waals surface area contributed by atoms with Crippen LogP contribution in [0.5, 0.6) is 0 Å². The highest BCUT2D eigenvalue weighted by Gasteiger charge is 2.10. The smallest absolute Gasteiger partial charge is 0.0495 e. The van der Waals surface area contributed by atoms with E-state index in [1.54, 1.807) is 0 Å². The fourth-order valence-corrected chi connectivity index (χ4v) is 4.46. The molecule has 1 aromatic heterocycles. The average molecular weight is 378 g/mol. The Morgan fingerprint density at radius 1 is 0.885 bits per heavy atom. The molecular formula is C23H20ClNS. The molecule has 130 valence electrons. The lowest BCUT2D eigenvalue weighted by molar-refractivity contribution is 0.830. The first kappa shape index (κ1) is 17.3. The normalized spacial score (nSPS) is 11.2. The number of nitrogens with zero attached hydrogens (tertiary/aromatic N) is 1. The summed E-state index contributed by atoms with van der Waals surface area (Å²) >= 11 is 7.92. The minimum absolute atomic E-state index is 0.778. The second-order valence-corrected chi connectivity index (χ2v) is 7.93. The summed E-state index contributed by atoms with van der Waals surface area (Å²) in [4.78, 5) is 1.33. The fourth-order valence-electron chi connectivity index (χ4n) is 3.17. The van der Waals surface area contributed by atoms with Crippen molar-refractivity contribution in [1.82, 2.24) is 4.57 Å². The lowest BCUT2D eigenvalue weighted by Crippen LogP contribution is -1.97. The lowest BCUT2D eigenvalue weighted by atomic mass is 10.1. The van der Waals surface area contributed by atoms with Crippen molar-refractivity contribution < 1.29 is 0 Å². The molecule has 0 N–H and O–H groups in total. The van der Waals surface area contributed by atoms with E-state index in [1.807, 2.05) is 23.9 Å². The topological polar surface area (TPSA) is 4.93 Å². The maximum Gasteiger partial charge on any atom is 0.0495 e. The highest BCUT2D eigenvalue weighted by molar-refractivity contribution is 7.98. The van der Waals surface area contributed by atoms with E-state index >= 15 is 0 Å². The number of para-hydroxylation sites is 1. The third kappa shape index (κ3) is 3.67. The van der Waals surface area contributed by atoms with Gasteiger partial charge in [-0.3, -0.25) is 0 Å². The standard InChI is InChI=1S/C23H20ClNS/c1-17-6-2-3-7-19(17)16-26-23-15-25(22-9-5-4-8-21(22)23)14-18-10-12-20(24)13-11-18/h2-13,15H,14,16H2,1H3. The molecule has 4 rings (SSSR count). The molecule has 0 aliphatic rings. The van der Waals surface area contributed by atoms with E-state index in [-0.39, 0.29) is 0 Å². The van der Waals surface area contributed by atoms with E-state index in [2.05, 4.69) is 78.4 Å². The molecule has 0 radical (unpaired) electrons. The summed E-state index contributed by atoms with van der Waals surface area (Å²) in [6.07, 6.45) is 2.28. The van der Waals surface area contributed by atoms with Gasteiger partial charge in [0.25, 0.3) is 0 Å². The summed E-state index contributed by atoms with van der Waals surface area (Å²) in [6.45, 7) is 3.03. The Bertz CT molecular complexity index is 1030. The van der Waals surface area contributed by atoms with Crippen LogP contribution in [0.3, 0.4) is 0 Å². The number of hydrogen-bond acceptors (Lipinski definition) is 1. The van der Waals surface area contributed by atoms with Crippen molar-refractivity contribution in [3.8, 4) is 0 Å². The van der Waals surface area contributed by atoms with E-state index in [0.29, 0.717) is 0 Å². The number of rotatable bonds is 5. The Hall–Kier alpha value is -2.16. The second-order valence-electron chi connectivity index (χ2n) is 6.48. The number of aryl methyl sites for hydroxylation is 1. The molecule has 0 aliphatic heterocycles. The lowest BCUT2D eigenvalue weighted by Gasteiger charge is -2.05. The van der Waals surface area contributed by atoms with Gasteiger partial charge in [-0.1, -0.05) is 66.2 Å². The molecule has 3 heteroatoms. The van der Waals surface area contributed by atoms with Crippen molar-refractivity contribution in [2.75, 3.05) is 0 Å². The van der Waals surface area contributed by atoms with Gasteiger partial charge in [0.1, 0.15) is 0 Å². The van der Waals surface area contributed by atoms with Crippen molar-refractivity contribution >= 4 is 34.3 Å². The predicted molar refractivity (Wildman–Crippen MR) is 113 cm³/mol. The van der Waals surface area contributed by atoms with Crippen LogP contribution in [-0.4, -0.2) is 4.57 Å². The van der Waals surface area contributed by atoms with E-state index in [9.17, 15) is 0 Å². The monoisotopic (exact) mass is 377 g/mol. The summed E-state index contributed by atoms with van der Waals surface area (Å²) in [5.74, 6) is 0.988. The molecule has 3 aromatic carbocycles. The number of hydrogen-bond donors (Lipinski definition) is 0. The first-order chi connectivity index (χ1) is 12.7. The maximum absolute atomic E-state index is 6.02. The Morgan fingerprint density at radius 2 is 1.62 bits per heavy atom. The predicted octanol–water partition coefficient (Wildman–Crippen LogP) is 6.94. The molecule has 0 bridgehead atoms. The number of halogens is 1. The van der Waals surface area contributed by atoms with E-state index in [1.165, 1.54) is 32.5 Å². The van der Waals surface area contributed by atoms with Crippen LogP contribution in [-0.2, 0) is 12.3 Å². The van der Waals surface area contributed by atoms with Crippen molar-refractivity contribution in [1.29, 1.82) is 0 Å². The van der Waals surface area contributed by atoms with Gasteiger partial charge in [0.2, 0.25) is 0 Å². The number of benzene rings is 3. The van der Waals surface area contributed by atoms with E-state index in [4.69, 9.17) is 11.6 Å². The van der Waals surface area contributed by atoms with Gasteiger partial charge in [-0.15, -0.1) is 11.8 Å². The minimum atomic E-state index is 0.778. The van der Waals surface area contributed by atoms with Crippen molar-refractivity contribution in [3.05, 3.63) is 101 Å². The first-order valence-electron chi connectivity index (χ1n) is 8.70. The second kappa shape index (κ2) is 7.61. The highest BCUT2D eigenvalue weighted by atomic mass is 35.5. The molecule has 1 nitrogen and oxygen atoms in total. The molecule has 1 heterocycles. The number of thioether (sulfide) groups is 1. The molecule has 0 fully saturated rings. The van der Waals surface area contributed by atoms with Gasteiger partial charge in [-0.2, -0.15) is 0 Å². The SMILES string of the molecule is Cc1ccccc1CSc1cn(Cc2ccc(Cl)cc2)c2ccccc12. The zero-order chi connectivity index (χ0) is 17.9. The summed E-state index contributed by atoms with van der Waals surface area (Å²) in [6, 6.07) is 25.4. The van der Waals surface area contributed by atoms with Crippen molar-refractivity contribution in [3.63, 3.8) is 0 Å². The van der Waals surface area contributed by atoms with Gasteiger partial charge in [0.15, 0.2) is 0 Å². The van der Waals surface area contributed by atoms with Crippen LogP contribution in [0.25, 0.3) is 10.9 Å². The van der Waals surface area contributed by atoms with Crippen LogP contribution >= 0.6 is 23.4 Å². The third-order valence-corrected chi connectivity index (χ3v) is 6.01. The first-order valence-corrected chi connectivity index (χ1v) is 10.1. The summed E-state index contributed by atoms with van der Waals surface area (Å²) in [5.41, 5.74) is 5.28. The average Bonchev–Trinajstić information content (AvgIpc) is 3.01. The fraction of sp³-hybridized carbons (Fsp3) is 0.130. The molecule has 4 aromatic rings. The minimum Gasteiger partial charge on any atom is -0.342 e. The Morgan fingerprint density at radius 3 is 2.42 bits per heavy atom. The molecule has 0 amide bonds. The van der Waals surface area contributed by atoms with Crippen LogP contribution in [0.4, 0.5) is 0 Å². The van der Waals surface area contributed by atoms with Crippen molar-refractivity contribution in [2.45, 2.75) is 24.1 Å². The summed E-state index contributed by atoms with van der Waals surface area (Å²) < 4.78 is 2.33. The highest BCUT2D eigenvalue weighted by Crippen LogP contribution is 2.33. The number of aromatic nitrogens is 1. The van der Waals surface area contributed by atoms with E-state index < -0.39 is 0 Å². The molecule has 0 unspecified atom stereocenters. The summed E-state index contributed by atoms with van der Waals surface area (Å²) in [7, 11) is 0.